The number of aromatic nitrogens is 3. The largest absolute Gasteiger partial charge is 0.454 e. The molecule has 126 valence electrons. The number of hydrogen-bond acceptors (Lipinski definition) is 5. The standard InChI is InChI=1S/C19H17N3O3/c1-2-14-3-5-15(6-4-14)18(23)11-25-19(24)16-7-9-17(10-8-16)22-13-20-12-21-22/h3-10,12-13H,2,11H2,1H3. The van der Waals surface area contributed by atoms with Gasteiger partial charge < -0.3 is 4.74 Å². The lowest BCUT2D eigenvalue weighted by atomic mass is 10.1. The molecule has 0 aliphatic rings. The highest BCUT2D eigenvalue weighted by atomic mass is 16.5. The summed E-state index contributed by atoms with van der Waals surface area (Å²) in [6.07, 6.45) is 3.91. The van der Waals surface area contributed by atoms with Crippen molar-refractivity contribution in [1.29, 1.82) is 0 Å². The smallest absolute Gasteiger partial charge is 0.338 e. The molecule has 25 heavy (non-hydrogen) atoms. The summed E-state index contributed by atoms with van der Waals surface area (Å²) in [7, 11) is 0. The van der Waals surface area contributed by atoms with Gasteiger partial charge in [0.05, 0.1) is 11.3 Å². The molecule has 3 aromatic rings. The molecule has 1 aromatic heterocycles. The van der Waals surface area contributed by atoms with E-state index in [1.165, 1.54) is 6.33 Å². The van der Waals surface area contributed by atoms with Crippen molar-refractivity contribution in [2.75, 3.05) is 6.61 Å². The normalized spacial score (nSPS) is 10.4. The Balaban J connectivity index is 1.59. The monoisotopic (exact) mass is 335 g/mol. The molecule has 3 rings (SSSR count). The number of rotatable bonds is 6. The van der Waals surface area contributed by atoms with Gasteiger partial charge in [0.1, 0.15) is 12.7 Å². The summed E-state index contributed by atoms with van der Waals surface area (Å²) in [5.41, 5.74) is 2.84. The van der Waals surface area contributed by atoms with Crippen LogP contribution in [0.25, 0.3) is 5.69 Å². The number of aryl methyl sites for hydroxylation is 1. The third kappa shape index (κ3) is 3.98. The summed E-state index contributed by atoms with van der Waals surface area (Å²) in [4.78, 5) is 28.0. The summed E-state index contributed by atoms with van der Waals surface area (Å²) in [5.74, 6) is -0.765. The zero-order chi connectivity index (χ0) is 17.6. The van der Waals surface area contributed by atoms with Crippen molar-refractivity contribution in [2.24, 2.45) is 0 Å². The Kier molecular flexibility index (Phi) is 4.99. The van der Waals surface area contributed by atoms with Gasteiger partial charge in [0.25, 0.3) is 0 Å². The Morgan fingerprint density at radius 2 is 1.68 bits per heavy atom. The van der Waals surface area contributed by atoms with Crippen LogP contribution >= 0.6 is 0 Å². The van der Waals surface area contributed by atoms with Gasteiger partial charge in [-0.05, 0) is 36.2 Å². The quantitative estimate of drug-likeness (QED) is 0.511. The molecule has 0 spiro atoms. The minimum atomic E-state index is -0.538. The van der Waals surface area contributed by atoms with Crippen molar-refractivity contribution in [3.8, 4) is 5.69 Å². The number of hydrogen-bond donors (Lipinski definition) is 0. The van der Waals surface area contributed by atoms with Crippen LogP contribution in [0.15, 0.2) is 61.2 Å². The molecule has 0 saturated carbocycles. The number of nitrogens with zero attached hydrogens (tertiary/aromatic N) is 3. The van der Waals surface area contributed by atoms with Gasteiger partial charge >= 0.3 is 5.97 Å². The number of carbonyl (C=O) groups excluding carboxylic acids is 2. The van der Waals surface area contributed by atoms with Crippen molar-refractivity contribution in [2.45, 2.75) is 13.3 Å². The van der Waals surface area contributed by atoms with Crippen LogP contribution in [0.1, 0.15) is 33.2 Å². The first kappa shape index (κ1) is 16.6. The molecule has 0 N–H and O–H groups in total. The van der Waals surface area contributed by atoms with Crippen molar-refractivity contribution in [3.05, 3.63) is 77.9 Å². The average Bonchev–Trinajstić information content (AvgIpc) is 3.21. The number of ether oxygens (including phenoxy) is 1. The summed E-state index contributed by atoms with van der Waals surface area (Å²) >= 11 is 0. The van der Waals surface area contributed by atoms with Gasteiger partial charge in [0.2, 0.25) is 0 Å². The van der Waals surface area contributed by atoms with E-state index >= 15 is 0 Å². The molecule has 0 bridgehead atoms. The molecule has 0 amide bonds. The Bertz CT molecular complexity index is 854. The van der Waals surface area contributed by atoms with Crippen LogP contribution in [-0.4, -0.2) is 33.1 Å². The van der Waals surface area contributed by atoms with Gasteiger partial charge in [0.15, 0.2) is 12.4 Å². The van der Waals surface area contributed by atoms with E-state index in [0.717, 1.165) is 17.7 Å². The van der Waals surface area contributed by atoms with Crippen LogP contribution in [0, 0.1) is 0 Å². The summed E-state index contributed by atoms with van der Waals surface area (Å²) in [6.45, 7) is 1.77. The van der Waals surface area contributed by atoms with Gasteiger partial charge in [-0.15, -0.1) is 0 Å². The van der Waals surface area contributed by atoms with E-state index in [2.05, 4.69) is 10.1 Å². The van der Waals surface area contributed by atoms with E-state index in [9.17, 15) is 9.59 Å². The first-order valence-electron chi connectivity index (χ1n) is 7.91. The second-order valence-electron chi connectivity index (χ2n) is 5.44. The molecule has 0 aliphatic carbocycles. The number of carbonyl (C=O) groups is 2. The molecule has 2 aromatic carbocycles. The predicted molar refractivity (Wildman–Crippen MR) is 91.8 cm³/mol. The summed E-state index contributed by atoms with van der Waals surface area (Å²) in [6, 6.07) is 14.0. The lowest BCUT2D eigenvalue weighted by molar-refractivity contribution is 0.0475. The fraction of sp³-hybridized carbons (Fsp3) is 0.158. The number of ketones is 1. The topological polar surface area (TPSA) is 74.1 Å². The molecule has 0 radical (unpaired) electrons. The molecule has 6 heteroatoms. The molecule has 0 unspecified atom stereocenters. The Morgan fingerprint density at radius 3 is 2.28 bits per heavy atom. The van der Waals surface area contributed by atoms with Crippen LogP contribution < -0.4 is 0 Å². The second kappa shape index (κ2) is 7.53. The van der Waals surface area contributed by atoms with E-state index in [0.29, 0.717) is 11.1 Å². The molecule has 1 heterocycles. The van der Waals surface area contributed by atoms with E-state index < -0.39 is 5.97 Å². The van der Waals surface area contributed by atoms with Gasteiger partial charge in [-0.1, -0.05) is 31.2 Å². The van der Waals surface area contributed by atoms with Crippen molar-refractivity contribution >= 4 is 11.8 Å². The lowest BCUT2D eigenvalue weighted by Gasteiger charge is -2.06. The van der Waals surface area contributed by atoms with E-state index in [-0.39, 0.29) is 12.4 Å². The van der Waals surface area contributed by atoms with Crippen molar-refractivity contribution in [3.63, 3.8) is 0 Å². The first-order chi connectivity index (χ1) is 12.2. The predicted octanol–water partition coefficient (Wildman–Crippen LogP) is 2.87. The van der Waals surface area contributed by atoms with Gasteiger partial charge in [-0.3, -0.25) is 4.79 Å². The number of esters is 1. The third-order valence-electron chi connectivity index (χ3n) is 3.80. The van der Waals surface area contributed by atoms with E-state index in [4.69, 9.17) is 4.74 Å². The fourth-order valence-electron chi connectivity index (χ4n) is 2.32. The summed E-state index contributed by atoms with van der Waals surface area (Å²) in [5, 5.41) is 4.01. The lowest BCUT2D eigenvalue weighted by Crippen LogP contribution is -2.14. The third-order valence-corrected chi connectivity index (χ3v) is 3.80. The SMILES string of the molecule is CCc1ccc(C(=O)COC(=O)c2ccc(-n3cncn3)cc2)cc1. The molecule has 0 fully saturated rings. The highest BCUT2D eigenvalue weighted by Crippen LogP contribution is 2.10. The Morgan fingerprint density at radius 1 is 1.00 bits per heavy atom. The zero-order valence-electron chi connectivity index (χ0n) is 13.8. The van der Waals surface area contributed by atoms with Crippen molar-refractivity contribution < 1.29 is 14.3 Å². The van der Waals surface area contributed by atoms with Crippen LogP contribution in [-0.2, 0) is 11.2 Å². The Labute approximate surface area is 145 Å². The zero-order valence-corrected chi connectivity index (χ0v) is 13.8. The second-order valence-corrected chi connectivity index (χ2v) is 5.44. The first-order valence-corrected chi connectivity index (χ1v) is 7.91. The van der Waals surface area contributed by atoms with Gasteiger partial charge in [0, 0.05) is 5.56 Å². The maximum atomic E-state index is 12.1. The van der Waals surface area contributed by atoms with Crippen LogP contribution in [0.4, 0.5) is 0 Å². The average molecular weight is 335 g/mol. The minimum Gasteiger partial charge on any atom is -0.454 e. The molecule has 6 nitrogen and oxygen atoms in total. The maximum absolute atomic E-state index is 12.1. The molecule has 0 atom stereocenters. The molecule has 0 saturated heterocycles. The van der Waals surface area contributed by atoms with Crippen LogP contribution in [0.2, 0.25) is 0 Å². The van der Waals surface area contributed by atoms with Crippen molar-refractivity contribution in [1.82, 2.24) is 14.8 Å². The molecule has 0 aliphatic heterocycles. The number of benzene rings is 2. The molecular weight excluding hydrogens is 318 g/mol. The van der Waals surface area contributed by atoms with Gasteiger partial charge in [-0.25, -0.2) is 14.5 Å². The fourth-order valence-corrected chi connectivity index (χ4v) is 2.32. The van der Waals surface area contributed by atoms with Crippen LogP contribution in [0.5, 0.6) is 0 Å². The minimum absolute atomic E-state index is 0.227. The highest BCUT2D eigenvalue weighted by molar-refractivity contribution is 5.99. The number of Topliss-reactive ketones (excluding diaryl/α,β-unsaturated/α-hetero) is 1. The maximum Gasteiger partial charge on any atom is 0.338 e. The highest BCUT2D eigenvalue weighted by Gasteiger charge is 2.12. The van der Waals surface area contributed by atoms with Gasteiger partial charge in [-0.2, -0.15) is 5.10 Å². The molecular formula is C19H17N3O3. The Hall–Kier alpha value is -3.28. The summed E-state index contributed by atoms with van der Waals surface area (Å²) < 4.78 is 6.69. The van der Waals surface area contributed by atoms with E-state index in [1.54, 1.807) is 47.4 Å². The van der Waals surface area contributed by atoms with Crippen LogP contribution in [0.3, 0.4) is 0 Å². The van der Waals surface area contributed by atoms with E-state index in [1.807, 2.05) is 19.1 Å².